The summed E-state index contributed by atoms with van der Waals surface area (Å²) in [6.07, 6.45) is 1.56. The Hall–Kier alpha value is -2.45. The largest absolute Gasteiger partial charge is 0.320 e. The van der Waals surface area contributed by atoms with Gasteiger partial charge in [0.05, 0.1) is 22.5 Å². The van der Waals surface area contributed by atoms with Crippen LogP contribution in [-0.2, 0) is 5.75 Å². The van der Waals surface area contributed by atoms with Crippen molar-refractivity contribution in [1.82, 2.24) is 24.3 Å². The lowest BCUT2D eigenvalue weighted by Gasteiger charge is -2.08. The van der Waals surface area contributed by atoms with Crippen molar-refractivity contribution in [3.8, 4) is 5.69 Å². The Morgan fingerprint density at radius 3 is 2.77 bits per heavy atom. The zero-order valence-corrected chi connectivity index (χ0v) is 14.8. The van der Waals surface area contributed by atoms with Crippen LogP contribution >= 0.6 is 23.4 Å². The molecule has 5 nitrogen and oxygen atoms in total. The molecule has 0 amide bonds. The van der Waals surface area contributed by atoms with E-state index >= 15 is 0 Å². The third-order valence-electron chi connectivity index (χ3n) is 3.80. The molecular formula is C17H12ClF2N5S. The molecule has 0 N–H and O–H groups in total. The summed E-state index contributed by atoms with van der Waals surface area (Å²) in [4.78, 5) is 4.33. The molecule has 4 rings (SSSR count). The van der Waals surface area contributed by atoms with E-state index in [4.69, 9.17) is 11.6 Å². The minimum absolute atomic E-state index is 0.234. The summed E-state index contributed by atoms with van der Waals surface area (Å²) in [5.41, 5.74) is 1.75. The first-order valence-electron chi connectivity index (χ1n) is 7.66. The number of aromatic nitrogens is 5. The number of nitrogens with zero attached hydrogens (tertiary/aromatic N) is 5. The Kier molecular flexibility index (Phi) is 4.60. The maximum atomic E-state index is 13.5. The Morgan fingerprint density at radius 1 is 1.12 bits per heavy atom. The molecule has 2 aromatic heterocycles. The number of imidazole rings is 1. The predicted molar refractivity (Wildman–Crippen MR) is 96.9 cm³/mol. The number of benzene rings is 2. The smallest absolute Gasteiger partial charge is 0.277 e. The van der Waals surface area contributed by atoms with Gasteiger partial charge in [-0.1, -0.05) is 41.6 Å². The number of thioether (sulfide) groups is 1. The normalized spacial score (nSPS) is 11.5. The minimum Gasteiger partial charge on any atom is -0.277 e. The molecule has 2 aromatic carbocycles. The van der Waals surface area contributed by atoms with Gasteiger partial charge in [0, 0.05) is 5.02 Å². The average Bonchev–Trinajstić information content (AvgIpc) is 3.23. The monoisotopic (exact) mass is 391 g/mol. The third-order valence-corrected chi connectivity index (χ3v) is 4.97. The predicted octanol–water partition coefficient (Wildman–Crippen LogP) is 4.96. The van der Waals surface area contributed by atoms with Crippen LogP contribution in [0, 0.1) is 0 Å². The highest BCUT2D eigenvalue weighted by Gasteiger charge is 2.18. The molecule has 0 unspecified atom stereocenters. The molecule has 0 atom stereocenters. The van der Waals surface area contributed by atoms with Gasteiger partial charge in [0.2, 0.25) is 0 Å². The lowest BCUT2D eigenvalue weighted by Crippen LogP contribution is -2.04. The molecule has 0 aliphatic carbocycles. The number of hydrogen-bond donors (Lipinski definition) is 0. The van der Waals surface area contributed by atoms with Gasteiger partial charge in [-0.15, -0.1) is 10.2 Å². The van der Waals surface area contributed by atoms with Gasteiger partial charge >= 0.3 is 6.55 Å². The maximum absolute atomic E-state index is 13.5. The van der Waals surface area contributed by atoms with Gasteiger partial charge in [0.25, 0.3) is 0 Å². The van der Waals surface area contributed by atoms with Gasteiger partial charge in [-0.2, -0.15) is 8.78 Å². The van der Waals surface area contributed by atoms with Gasteiger partial charge in [-0.25, -0.2) is 4.98 Å². The van der Waals surface area contributed by atoms with E-state index in [1.165, 1.54) is 11.8 Å². The van der Waals surface area contributed by atoms with Crippen molar-refractivity contribution in [2.45, 2.75) is 17.5 Å². The average molecular weight is 392 g/mol. The second-order valence-corrected chi connectivity index (χ2v) is 6.80. The molecule has 2 heterocycles. The van der Waals surface area contributed by atoms with E-state index in [1.807, 2.05) is 12.1 Å². The highest BCUT2D eigenvalue weighted by Crippen LogP contribution is 2.29. The summed E-state index contributed by atoms with van der Waals surface area (Å²) < 4.78 is 29.7. The summed E-state index contributed by atoms with van der Waals surface area (Å²) in [6.45, 7) is -2.66. The molecule has 0 bridgehead atoms. The van der Waals surface area contributed by atoms with E-state index in [9.17, 15) is 8.78 Å². The quantitative estimate of drug-likeness (QED) is 0.451. The van der Waals surface area contributed by atoms with Crippen molar-refractivity contribution in [3.05, 3.63) is 65.7 Å². The summed E-state index contributed by atoms with van der Waals surface area (Å²) in [7, 11) is 0. The summed E-state index contributed by atoms with van der Waals surface area (Å²) in [6, 6.07) is 14.1. The van der Waals surface area contributed by atoms with Crippen LogP contribution in [0.5, 0.6) is 0 Å². The molecule has 26 heavy (non-hydrogen) atoms. The summed E-state index contributed by atoms with van der Waals surface area (Å²) >= 11 is 7.31. The second-order valence-electron chi connectivity index (χ2n) is 5.42. The molecule has 132 valence electrons. The van der Waals surface area contributed by atoms with Crippen molar-refractivity contribution < 1.29 is 8.78 Å². The number of hydrogen-bond acceptors (Lipinski definition) is 4. The lowest BCUT2D eigenvalue weighted by atomic mass is 10.3. The van der Waals surface area contributed by atoms with E-state index in [0.717, 1.165) is 10.3 Å². The topological polar surface area (TPSA) is 48.5 Å². The Balaban J connectivity index is 1.64. The van der Waals surface area contributed by atoms with Crippen LogP contribution in [0.25, 0.3) is 16.7 Å². The number of rotatable bonds is 5. The lowest BCUT2D eigenvalue weighted by molar-refractivity contribution is 0.0722. The van der Waals surface area contributed by atoms with E-state index in [-0.39, 0.29) is 11.6 Å². The minimum atomic E-state index is -2.66. The third kappa shape index (κ3) is 3.17. The van der Waals surface area contributed by atoms with Crippen molar-refractivity contribution in [3.63, 3.8) is 0 Å². The second kappa shape index (κ2) is 7.05. The Labute approximate surface area is 156 Å². The zero-order chi connectivity index (χ0) is 18.1. The van der Waals surface area contributed by atoms with Crippen LogP contribution in [0.4, 0.5) is 8.78 Å². The molecular weight excluding hydrogens is 380 g/mol. The first-order valence-corrected chi connectivity index (χ1v) is 9.02. The van der Waals surface area contributed by atoms with Crippen molar-refractivity contribution >= 4 is 34.4 Å². The van der Waals surface area contributed by atoms with Crippen LogP contribution in [0.2, 0.25) is 5.02 Å². The first kappa shape index (κ1) is 17.0. The van der Waals surface area contributed by atoms with Crippen molar-refractivity contribution in [2.75, 3.05) is 0 Å². The van der Waals surface area contributed by atoms with Crippen LogP contribution in [-0.4, -0.2) is 24.3 Å². The first-order chi connectivity index (χ1) is 12.6. The molecule has 0 saturated carbocycles. The molecule has 0 radical (unpaired) electrons. The molecule has 9 heteroatoms. The number of fused-ring (bicyclic) bond motifs is 1. The zero-order valence-electron chi connectivity index (χ0n) is 13.3. The van der Waals surface area contributed by atoms with Gasteiger partial charge in [0.1, 0.15) is 12.2 Å². The summed E-state index contributed by atoms with van der Waals surface area (Å²) in [5, 5.41) is 9.15. The van der Waals surface area contributed by atoms with Crippen molar-refractivity contribution in [1.29, 1.82) is 0 Å². The van der Waals surface area contributed by atoms with E-state index in [0.29, 0.717) is 21.2 Å². The molecule has 0 saturated heterocycles. The van der Waals surface area contributed by atoms with Gasteiger partial charge in [-0.3, -0.25) is 9.13 Å². The fourth-order valence-electron chi connectivity index (χ4n) is 2.67. The fourth-order valence-corrected chi connectivity index (χ4v) is 3.71. The number of alkyl halides is 2. The number of para-hydroxylation sites is 2. The van der Waals surface area contributed by atoms with Crippen LogP contribution in [0.15, 0.2) is 60.0 Å². The standard InChI is InChI=1S/C17H12ClF2N5S/c18-11-4-3-5-12(8-11)24-10-21-23-17(24)26-9-15-22-13-6-1-2-7-14(13)25(15)16(19)20/h1-8,10,16H,9H2. The van der Waals surface area contributed by atoms with Gasteiger partial charge in [-0.05, 0) is 30.3 Å². The van der Waals surface area contributed by atoms with Crippen LogP contribution in [0.3, 0.4) is 0 Å². The van der Waals surface area contributed by atoms with Gasteiger partial charge < -0.3 is 0 Å². The van der Waals surface area contributed by atoms with Crippen LogP contribution < -0.4 is 0 Å². The van der Waals surface area contributed by atoms with E-state index < -0.39 is 6.55 Å². The SMILES string of the molecule is FC(F)n1c(CSc2nncn2-c2cccc(Cl)c2)nc2ccccc21. The maximum Gasteiger partial charge on any atom is 0.320 e. The molecule has 4 aromatic rings. The number of halogens is 3. The van der Waals surface area contributed by atoms with Gasteiger partial charge in [0.15, 0.2) is 5.16 Å². The fraction of sp³-hybridized carbons (Fsp3) is 0.118. The Bertz CT molecular complexity index is 1060. The van der Waals surface area contributed by atoms with E-state index in [2.05, 4.69) is 15.2 Å². The van der Waals surface area contributed by atoms with Crippen LogP contribution in [0.1, 0.15) is 12.4 Å². The molecule has 0 fully saturated rings. The van der Waals surface area contributed by atoms with Crippen molar-refractivity contribution in [2.24, 2.45) is 0 Å². The Morgan fingerprint density at radius 2 is 1.96 bits per heavy atom. The summed E-state index contributed by atoms with van der Waals surface area (Å²) in [5.74, 6) is 0.519. The molecule has 0 aliphatic rings. The highest BCUT2D eigenvalue weighted by molar-refractivity contribution is 7.98. The molecule has 0 aliphatic heterocycles. The molecule has 0 spiro atoms. The van der Waals surface area contributed by atoms with E-state index in [1.54, 1.807) is 47.3 Å². The highest BCUT2D eigenvalue weighted by atomic mass is 35.5.